The fourth-order valence-electron chi connectivity index (χ4n) is 8.49. The van der Waals surface area contributed by atoms with E-state index in [-0.39, 0.29) is 24.9 Å². The zero-order chi connectivity index (χ0) is 43.8. The van der Waals surface area contributed by atoms with Crippen LogP contribution in [0.4, 0.5) is 0 Å². The van der Waals surface area contributed by atoms with Gasteiger partial charge < -0.3 is 20.3 Å². The van der Waals surface area contributed by atoms with Crippen LogP contribution in [-0.4, -0.2) is 46.9 Å². The minimum atomic E-state index is -0.781. The number of aliphatic hydroxyl groups is 2. The van der Waals surface area contributed by atoms with Gasteiger partial charge in [-0.2, -0.15) is 0 Å². The van der Waals surface area contributed by atoms with Crippen LogP contribution in [0, 0.1) is 0 Å². The van der Waals surface area contributed by atoms with E-state index in [9.17, 15) is 19.8 Å². The molecule has 356 valence electrons. The Morgan fingerprint density at radius 3 is 1.18 bits per heavy atom. The minimum absolute atomic E-state index is 0.0832. The number of hydrogen-bond acceptors (Lipinski definition) is 5. The fourth-order valence-corrected chi connectivity index (χ4v) is 8.49. The molecule has 3 N–H and O–H groups in total. The van der Waals surface area contributed by atoms with E-state index in [1.165, 1.54) is 205 Å². The lowest BCUT2D eigenvalue weighted by Gasteiger charge is -2.24. The number of esters is 1. The van der Waals surface area contributed by atoms with E-state index in [2.05, 4.69) is 38.2 Å². The predicted octanol–water partition coefficient (Wildman–Crippen LogP) is 16.1. The van der Waals surface area contributed by atoms with Gasteiger partial charge in [0.2, 0.25) is 5.91 Å². The molecule has 0 radical (unpaired) electrons. The van der Waals surface area contributed by atoms with E-state index in [4.69, 9.17) is 4.74 Å². The SMILES string of the molecule is CCCCCCCC/C=C/CCCCCCCCCC(=O)OC(CCCCCCCCCCCCCCCCC)CC(=O)NC(CO)C(O)CCCCCCCCCCC. The van der Waals surface area contributed by atoms with Crippen LogP contribution in [0.2, 0.25) is 0 Å². The van der Waals surface area contributed by atoms with Crippen molar-refractivity contribution >= 4 is 11.9 Å². The van der Waals surface area contributed by atoms with Crippen molar-refractivity contribution in [2.75, 3.05) is 6.61 Å². The molecule has 3 unspecified atom stereocenters. The lowest BCUT2D eigenvalue weighted by Crippen LogP contribution is -2.46. The number of unbranched alkanes of at least 4 members (excludes halogenated alkanes) is 35. The Morgan fingerprint density at radius 2 is 0.800 bits per heavy atom. The number of carbonyl (C=O) groups is 2. The molecule has 1 amide bonds. The van der Waals surface area contributed by atoms with Crippen molar-refractivity contribution in [1.29, 1.82) is 0 Å². The van der Waals surface area contributed by atoms with Gasteiger partial charge in [0.1, 0.15) is 6.10 Å². The predicted molar refractivity (Wildman–Crippen MR) is 260 cm³/mol. The fraction of sp³-hybridized carbons (Fsp3) is 0.926. The first-order chi connectivity index (χ1) is 29.5. The van der Waals surface area contributed by atoms with Gasteiger partial charge in [0.05, 0.1) is 25.2 Å². The Labute approximate surface area is 374 Å². The second-order valence-corrected chi connectivity index (χ2v) is 18.6. The van der Waals surface area contributed by atoms with Gasteiger partial charge in [-0.1, -0.05) is 245 Å². The topological polar surface area (TPSA) is 95.9 Å². The first kappa shape index (κ1) is 58.6. The van der Waals surface area contributed by atoms with Gasteiger partial charge in [-0.15, -0.1) is 0 Å². The lowest BCUT2D eigenvalue weighted by atomic mass is 10.0. The van der Waals surface area contributed by atoms with Crippen molar-refractivity contribution in [2.24, 2.45) is 0 Å². The lowest BCUT2D eigenvalue weighted by molar-refractivity contribution is -0.151. The molecule has 0 saturated carbocycles. The molecule has 0 aliphatic rings. The van der Waals surface area contributed by atoms with Gasteiger partial charge >= 0.3 is 5.97 Å². The minimum Gasteiger partial charge on any atom is -0.462 e. The largest absolute Gasteiger partial charge is 0.462 e. The van der Waals surface area contributed by atoms with Crippen molar-refractivity contribution in [3.05, 3.63) is 12.2 Å². The Morgan fingerprint density at radius 1 is 0.467 bits per heavy atom. The van der Waals surface area contributed by atoms with Crippen LogP contribution in [-0.2, 0) is 14.3 Å². The third-order valence-electron chi connectivity index (χ3n) is 12.6. The molecule has 6 heteroatoms. The molecule has 0 aliphatic heterocycles. The zero-order valence-electron chi connectivity index (χ0n) is 40.6. The molecular weight excluding hydrogens is 743 g/mol. The maximum atomic E-state index is 13.2. The van der Waals surface area contributed by atoms with Crippen LogP contribution in [0.15, 0.2) is 12.2 Å². The molecule has 0 bridgehead atoms. The van der Waals surface area contributed by atoms with Crippen molar-refractivity contribution < 1.29 is 24.5 Å². The highest BCUT2D eigenvalue weighted by Gasteiger charge is 2.24. The average Bonchev–Trinajstić information content (AvgIpc) is 3.24. The molecule has 0 saturated heterocycles. The molecule has 6 nitrogen and oxygen atoms in total. The van der Waals surface area contributed by atoms with E-state index in [1.54, 1.807) is 0 Å². The summed E-state index contributed by atoms with van der Waals surface area (Å²) >= 11 is 0. The molecule has 0 rings (SSSR count). The van der Waals surface area contributed by atoms with Gasteiger partial charge in [-0.25, -0.2) is 0 Å². The highest BCUT2D eigenvalue weighted by atomic mass is 16.5. The summed E-state index contributed by atoms with van der Waals surface area (Å²) < 4.78 is 5.95. The molecule has 0 aliphatic carbocycles. The normalized spacial score (nSPS) is 13.2. The molecule has 60 heavy (non-hydrogen) atoms. The molecule has 3 atom stereocenters. The summed E-state index contributed by atoms with van der Waals surface area (Å²) in [5.41, 5.74) is 0. The van der Waals surface area contributed by atoms with Crippen LogP contribution in [0.3, 0.4) is 0 Å². The van der Waals surface area contributed by atoms with Crippen LogP contribution in [0.5, 0.6) is 0 Å². The second kappa shape index (κ2) is 48.6. The third kappa shape index (κ3) is 43.3. The van der Waals surface area contributed by atoms with Crippen LogP contribution in [0.1, 0.15) is 297 Å². The number of rotatable bonds is 49. The van der Waals surface area contributed by atoms with E-state index in [0.717, 1.165) is 44.9 Å². The van der Waals surface area contributed by atoms with Crippen molar-refractivity contribution in [3.8, 4) is 0 Å². The highest BCUT2D eigenvalue weighted by molar-refractivity contribution is 5.77. The van der Waals surface area contributed by atoms with Gasteiger partial charge in [-0.3, -0.25) is 9.59 Å². The Balaban J connectivity index is 4.50. The van der Waals surface area contributed by atoms with Gasteiger partial charge in [0.25, 0.3) is 0 Å². The number of amides is 1. The van der Waals surface area contributed by atoms with Gasteiger partial charge in [-0.05, 0) is 51.4 Å². The zero-order valence-corrected chi connectivity index (χ0v) is 40.6. The third-order valence-corrected chi connectivity index (χ3v) is 12.6. The number of aliphatic hydroxyl groups excluding tert-OH is 2. The monoisotopic (exact) mass is 848 g/mol. The first-order valence-corrected chi connectivity index (χ1v) is 26.9. The molecular formula is C54H105NO5. The Hall–Kier alpha value is -1.40. The average molecular weight is 848 g/mol. The summed E-state index contributed by atoms with van der Waals surface area (Å²) in [6.07, 6.45) is 54.2. The molecule has 0 heterocycles. The Bertz CT molecular complexity index is 909. The number of allylic oxidation sites excluding steroid dienone is 2. The van der Waals surface area contributed by atoms with Crippen LogP contribution < -0.4 is 5.32 Å². The smallest absolute Gasteiger partial charge is 0.306 e. The second-order valence-electron chi connectivity index (χ2n) is 18.6. The molecule has 0 aromatic heterocycles. The number of carbonyl (C=O) groups excluding carboxylic acids is 2. The van der Waals surface area contributed by atoms with Crippen molar-refractivity contribution in [2.45, 2.75) is 315 Å². The first-order valence-electron chi connectivity index (χ1n) is 26.9. The van der Waals surface area contributed by atoms with Crippen molar-refractivity contribution in [1.82, 2.24) is 5.32 Å². The summed E-state index contributed by atoms with van der Waals surface area (Å²) in [5.74, 6) is -0.460. The number of nitrogens with one attached hydrogen (secondary N) is 1. The summed E-state index contributed by atoms with van der Waals surface area (Å²) in [5, 5.41) is 23.7. The van der Waals surface area contributed by atoms with E-state index in [1.807, 2.05) is 0 Å². The van der Waals surface area contributed by atoms with Crippen LogP contribution in [0.25, 0.3) is 0 Å². The molecule has 0 fully saturated rings. The maximum Gasteiger partial charge on any atom is 0.306 e. The van der Waals surface area contributed by atoms with Crippen molar-refractivity contribution in [3.63, 3.8) is 0 Å². The maximum absolute atomic E-state index is 13.2. The van der Waals surface area contributed by atoms with Crippen LogP contribution >= 0.6 is 0 Å². The number of ether oxygens (including phenoxy) is 1. The number of hydrogen-bond donors (Lipinski definition) is 3. The standard InChI is InChI=1S/C54H105NO5/c1-4-7-10-13-16-19-21-23-25-26-28-30-32-35-38-41-44-47-54(59)60-50(45-42-39-36-34-31-29-27-24-22-20-17-14-11-8-5-2)48-53(58)55-51(49-56)52(57)46-43-40-37-33-18-15-12-9-6-3/h23,25,50-52,56-57H,4-22,24,26-49H2,1-3H3,(H,55,58)/b25-23+. The van der Waals surface area contributed by atoms with Gasteiger partial charge in [0, 0.05) is 6.42 Å². The molecule has 0 aromatic rings. The van der Waals surface area contributed by atoms with E-state index in [0.29, 0.717) is 19.3 Å². The summed E-state index contributed by atoms with van der Waals surface area (Å²) in [6, 6.07) is -0.694. The van der Waals surface area contributed by atoms with E-state index >= 15 is 0 Å². The van der Waals surface area contributed by atoms with Gasteiger partial charge in [0.15, 0.2) is 0 Å². The molecule has 0 aromatic carbocycles. The summed E-state index contributed by atoms with van der Waals surface area (Å²) in [7, 11) is 0. The quantitative estimate of drug-likeness (QED) is 0.0322. The Kier molecular flexibility index (Phi) is 47.5. The summed E-state index contributed by atoms with van der Waals surface area (Å²) in [6.45, 7) is 6.49. The summed E-state index contributed by atoms with van der Waals surface area (Å²) in [4.78, 5) is 26.2. The van der Waals surface area contributed by atoms with E-state index < -0.39 is 18.2 Å². The highest BCUT2D eigenvalue weighted by Crippen LogP contribution is 2.19. The molecule has 0 spiro atoms.